The Morgan fingerprint density at radius 1 is 0.577 bits per heavy atom. The molecule has 26 heavy (non-hydrogen) atoms. The van der Waals surface area contributed by atoms with E-state index in [1.165, 1.54) is 113 Å². The highest BCUT2D eigenvalue weighted by molar-refractivity contribution is 7.64. The summed E-state index contributed by atoms with van der Waals surface area (Å²) in [5.41, 5.74) is 0. The smallest absolute Gasteiger partial charge is 0.127 e. The van der Waals surface area contributed by atoms with Crippen LogP contribution in [0.1, 0.15) is 110 Å². The van der Waals surface area contributed by atoms with Crippen LogP contribution in [0.4, 0.5) is 0 Å². The van der Waals surface area contributed by atoms with Gasteiger partial charge < -0.3 is 0 Å². The Balaban J connectivity index is 0. The van der Waals surface area contributed by atoms with Crippen LogP contribution in [0.5, 0.6) is 0 Å². The van der Waals surface area contributed by atoms with Gasteiger partial charge in [0.2, 0.25) is 0 Å². The van der Waals surface area contributed by atoms with Crippen LogP contribution < -0.4 is 0 Å². The molecule has 0 unspecified atom stereocenters. The molecule has 0 aliphatic heterocycles. The number of alkyl halides is 1. The molecule has 0 amide bonds. The number of halogens is 4. The number of unbranched alkanes of at least 4 members (excludes halogenated alkanes) is 15. The van der Waals surface area contributed by atoms with Crippen molar-refractivity contribution in [2.24, 2.45) is 0 Å². The average Bonchev–Trinajstić information content (AvgIpc) is 2.60. The maximum atomic E-state index is 5.87. The summed E-state index contributed by atoms with van der Waals surface area (Å²) in [6.45, 7) is 2.28. The van der Waals surface area contributed by atoms with Crippen LogP contribution in [0.15, 0.2) is 0 Å². The molecule has 0 aliphatic rings. The molecule has 0 aliphatic carbocycles. The van der Waals surface area contributed by atoms with Crippen LogP contribution in [-0.2, 0) is 0 Å². The summed E-state index contributed by atoms with van der Waals surface area (Å²) < 4.78 is 0. The highest BCUT2D eigenvalue weighted by Gasteiger charge is 2.23. The summed E-state index contributed by atoms with van der Waals surface area (Å²) in [5.74, 6) is 0.853. The molecule has 0 nitrogen and oxygen atoms in total. The van der Waals surface area contributed by atoms with Crippen LogP contribution in [0.3, 0.4) is 0 Å². The maximum Gasteiger partial charge on any atom is 0.341 e. The van der Waals surface area contributed by atoms with Gasteiger partial charge in [-0.25, -0.2) is 0 Å². The van der Waals surface area contributed by atoms with Crippen molar-refractivity contribution in [1.29, 1.82) is 0 Å². The third-order valence-electron chi connectivity index (χ3n) is 4.50. The van der Waals surface area contributed by atoms with E-state index in [1.807, 2.05) is 0 Å². The van der Waals surface area contributed by atoms with Crippen LogP contribution in [0.2, 0.25) is 12.1 Å². The Hall–Kier alpha value is 1.59. The van der Waals surface area contributed by atoms with Crippen molar-refractivity contribution in [2.45, 2.75) is 122 Å². The topological polar surface area (TPSA) is 0 Å². The molecule has 0 aromatic carbocycles. The molecule has 0 radical (unpaired) electrons. The van der Waals surface area contributed by atoms with Gasteiger partial charge in [0.15, 0.2) is 0 Å². The van der Waals surface area contributed by atoms with Gasteiger partial charge in [-0.15, -0.1) is 44.8 Å². The third-order valence-corrected chi connectivity index (χ3v) is 8.64. The van der Waals surface area contributed by atoms with E-state index in [9.17, 15) is 0 Å². The monoisotopic (exact) mass is 480 g/mol. The summed E-state index contributed by atoms with van der Waals surface area (Å²) in [5, 5.41) is 0. The van der Waals surface area contributed by atoms with Gasteiger partial charge in [0, 0.05) is 16.1 Å². The van der Waals surface area contributed by atoms with Crippen molar-refractivity contribution in [1.82, 2.24) is 0 Å². The minimum absolute atomic E-state index is 0.829. The molecule has 0 spiro atoms. The molecular formula is C20H44Cl4Si2. The van der Waals surface area contributed by atoms with Gasteiger partial charge in [-0.2, -0.15) is 0 Å². The highest BCUT2D eigenvalue weighted by Crippen LogP contribution is 2.27. The Kier molecular flexibility index (Phi) is 28.2. The zero-order valence-electron chi connectivity index (χ0n) is 17.4. The highest BCUT2D eigenvalue weighted by atomic mass is 35.8. The van der Waals surface area contributed by atoms with Crippen molar-refractivity contribution in [3.63, 3.8) is 0 Å². The first-order chi connectivity index (χ1) is 12.5. The second-order valence-electron chi connectivity index (χ2n) is 7.36. The fourth-order valence-corrected chi connectivity index (χ4v) is 4.73. The van der Waals surface area contributed by atoms with Crippen molar-refractivity contribution >= 4 is 61.1 Å². The quantitative estimate of drug-likeness (QED) is 0.0792. The van der Waals surface area contributed by atoms with Gasteiger partial charge in [-0.3, -0.25) is 0 Å². The maximum absolute atomic E-state index is 5.87. The predicted molar refractivity (Wildman–Crippen MR) is 133 cm³/mol. The van der Waals surface area contributed by atoms with E-state index >= 15 is 0 Å². The third kappa shape index (κ3) is 33.2. The Morgan fingerprint density at radius 3 is 1.08 bits per heavy atom. The molecule has 0 heterocycles. The number of hydrogen-bond acceptors (Lipinski definition) is 0. The Labute approximate surface area is 188 Å². The largest absolute Gasteiger partial charge is 0.341 e. The molecule has 0 saturated carbocycles. The first-order valence-electron chi connectivity index (χ1n) is 11.1. The summed E-state index contributed by atoms with van der Waals surface area (Å²) >= 11 is 22.8. The van der Waals surface area contributed by atoms with Crippen molar-refractivity contribution in [3.8, 4) is 0 Å². The van der Waals surface area contributed by atoms with E-state index in [0.717, 1.165) is 18.3 Å². The van der Waals surface area contributed by atoms with Crippen molar-refractivity contribution in [2.75, 3.05) is 5.88 Å². The van der Waals surface area contributed by atoms with Crippen molar-refractivity contribution < 1.29 is 0 Å². The van der Waals surface area contributed by atoms with Gasteiger partial charge in [-0.05, 0) is 6.04 Å². The molecule has 0 atom stereocenters. The van der Waals surface area contributed by atoms with E-state index in [2.05, 4.69) is 6.92 Å². The van der Waals surface area contributed by atoms with E-state index in [0.29, 0.717) is 0 Å². The fraction of sp³-hybridized carbons (Fsp3) is 1.00. The minimum atomic E-state index is -2.35. The lowest BCUT2D eigenvalue weighted by atomic mass is 10.0. The first kappa shape index (κ1) is 29.8. The molecular weight excluding hydrogens is 438 g/mol. The molecule has 0 aromatic heterocycles. The van der Waals surface area contributed by atoms with E-state index < -0.39 is 6.00 Å². The summed E-state index contributed by atoms with van der Waals surface area (Å²) in [7, 11) is 1.26. The van der Waals surface area contributed by atoms with Crippen LogP contribution >= 0.6 is 44.8 Å². The standard InChI is InChI=1S/C18H37Cl3Si.C2H7ClSi/c1-2-3-4-5-6-7-8-9-10-11-12-13-14-15-16-17-18-22(19,20)21;3-1-2-4/h2-18H2,1H3;1-2H2,4H3. The molecule has 0 fully saturated rings. The Morgan fingerprint density at radius 2 is 0.846 bits per heavy atom. The van der Waals surface area contributed by atoms with Crippen molar-refractivity contribution in [3.05, 3.63) is 0 Å². The Bertz CT molecular complexity index is 246. The predicted octanol–water partition coefficient (Wildman–Crippen LogP) is 8.91. The number of hydrogen-bond donors (Lipinski definition) is 0. The van der Waals surface area contributed by atoms with Gasteiger partial charge in [-0.1, -0.05) is 116 Å². The van der Waals surface area contributed by atoms with Crippen LogP contribution in [-0.4, -0.2) is 22.1 Å². The lowest BCUT2D eigenvalue weighted by Crippen LogP contribution is -2.07. The van der Waals surface area contributed by atoms with Gasteiger partial charge in [0.05, 0.1) is 0 Å². The molecule has 0 saturated heterocycles. The second kappa shape index (κ2) is 24.6. The summed E-state index contributed by atoms with van der Waals surface area (Å²) in [6.07, 6.45) is 22.2. The minimum Gasteiger partial charge on any atom is -0.127 e. The van der Waals surface area contributed by atoms with Gasteiger partial charge >= 0.3 is 6.00 Å². The zero-order valence-corrected chi connectivity index (χ0v) is 23.5. The average molecular weight is 483 g/mol. The van der Waals surface area contributed by atoms with Crippen LogP contribution in [0, 0.1) is 0 Å². The lowest BCUT2D eigenvalue weighted by Gasteiger charge is -2.07. The lowest BCUT2D eigenvalue weighted by molar-refractivity contribution is 0.531. The molecule has 0 aromatic rings. The summed E-state index contributed by atoms with van der Waals surface area (Å²) in [6, 6.07) is -0.294. The zero-order chi connectivity index (χ0) is 19.9. The molecule has 0 N–H and O–H groups in total. The fourth-order valence-electron chi connectivity index (χ4n) is 2.87. The van der Waals surface area contributed by atoms with Gasteiger partial charge in [0.25, 0.3) is 0 Å². The second-order valence-corrected chi connectivity index (χ2v) is 18.0. The van der Waals surface area contributed by atoms with E-state index in [4.69, 9.17) is 44.8 Å². The normalized spacial score (nSPS) is 11.4. The van der Waals surface area contributed by atoms with Crippen LogP contribution in [0.25, 0.3) is 0 Å². The molecule has 0 bridgehead atoms. The van der Waals surface area contributed by atoms with E-state index in [-0.39, 0.29) is 0 Å². The first-order valence-corrected chi connectivity index (χ1v) is 18.3. The van der Waals surface area contributed by atoms with Gasteiger partial charge in [0.1, 0.15) is 0 Å². The summed E-state index contributed by atoms with van der Waals surface area (Å²) in [4.78, 5) is 0. The SMILES string of the molecule is CCCCCCCCCCCCCCCCCC[Si](Cl)(Cl)Cl.[SiH3]CCCl. The number of rotatable bonds is 18. The van der Waals surface area contributed by atoms with E-state index in [1.54, 1.807) is 0 Å². The molecule has 160 valence electrons. The molecule has 6 heteroatoms. The molecule has 0 rings (SSSR count).